The summed E-state index contributed by atoms with van der Waals surface area (Å²) in [6, 6.07) is 30.8. The summed E-state index contributed by atoms with van der Waals surface area (Å²) >= 11 is -21.1. The topological polar surface area (TPSA) is 287 Å². The number of hydrogen-bond acceptors (Lipinski definition) is 6. The molecule has 2 aliphatic heterocycles. The van der Waals surface area contributed by atoms with Crippen molar-refractivity contribution in [1.82, 2.24) is 19.9 Å². The second kappa shape index (κ2) is 16.2. The molecule has 0 radical (unpaired) electrons. The number of rotatable bonds is 8. The van der Waals surface area contributed by atoms with Crippen LogP contribution < -0.4 is 17.4 Å². The van der Waals surface area contributed by atoms with Gasteiger partial charge in [-0.25, -0.2) is 0 Å². The molecule has 0 fully saturated rings. The molecule has 0 unspecified atom stereocenters. The Balaban J connectivity index is 1.43. The van der Waals surface area contributed by atoms with Gasteiger partial charge in [0.25, 0.3) is 0 Å². The summed E-state index contributed by atoms with van der Waals surface area (Å²) in [6.07, 6.45) is 7.11. The monoisotopic (exact) mass is 1110 g/mol. The third kappa shape index (κ3) is 8.60. The summed E-state index contributed by atoms with van der Waals surface area (Å²) < 4.78 is 128. The fourth-order valence-electron chi connectivity index (χ4n) is 7.71. The molecule has 8 bridgehead atoms. The van der Waals surface area contributed by atoms with E-state index in [1.807, 2.05) is 0 Å². The van der Waals surface area contributed by atoms with Gasteiger partial charge in [0, 0.05) is 0 Å². The Morgan fingerprint density at radius 1 is 0.297 bits per heavy atom. The number of aromatic nitrogens is 4. The van der Waals surface area contributed by atoms with E-state index < -0.39 is 56.7 Å². The van der Waals surface area contributed by atoms with Crippen LogP contribution in [0.1, 0.15) is 22.8 Å². The predicted octanol–water partition coefficient (Wildman–Crippen LogP) is 1.57. The van der Waals surface area contributed by atoms with E-state index in [1.54, 1.807) is 97.1 Å². The van der Waals surface area contributed by atoms with Crippen LogP contribution in [0.5, 0.6) is 0 Å². The van der Waals surface area contributed by atoms with E-state index >= 15 is 0 Å². The molecule has 0 atom stereocenters. The third-order valence-electron chi connectivity index (χ3n) is 10.7. The van der Waals surface area contributed by atoms with Crippen molar-refractivity contribution in [2.24, 2.45) is 0 Å². The number of hydrogen-bond donors (Lipinski definition) is 10. The Morgan fingerprint density at radius 3 is 0.656 bits per heavy atom. The van der Waals surface area contributed by atoms with E-state index in [-0.39, 0.29) is 17.4 Å². The normalized spacial score (nSPS) is 13.1. The summed E-state index contributed by atoms with van der Waals surface area (Å²) in [5, 5.41) is 0. The molecule has 0 spiro atoms. The zero-order chi connectivity index (χ0) is 45.3. The molecule has 20 heteroatoms. The zero-order valence-electron chi connectivity index (χ0n) is 32.8. The first kappa shape index (κ1) is 43.8. The molecule has 4 aromatic carbocycles. The Morgan fingerprint density at radius 2 is 0.484 bits per heavy atom. The van der Waals surface area contributed by atoms with E-state index in [2.05, 4.69) is 9.97 Å². The average molecular weight is 1110 g/mol. The van der Waals surface area contributed by atoms with Gasteiger partial charge in [0.2, 0.25) is 0 Å². The number of aromatic amines is 2. The summed E-state index contributed by atoms with van der Waals surface area (Å²) in [6.45, 7) is 0. The van der Waals surface area contributed by atoms with Gasteiger partial charge in [-0.2, -0.15) is 0 Å². The van der Waals surface area contributed by atoms with E-state index in [0.717, 1.165) is 0 Å². The van der Waals surface area contributed by atoms with Crippen LogP contribution in [-0.4, -0.2) is 109 Å². The number of H-pyrrole nitrogens is 2. The van der Waals surface area contributed by atoms with Gasteiger partial charge in [-0.15, -0.1) is 0 Å². The predicted molar refractivity (Wildman–Crippen MR) is 243 cm³/mol. The second-order valence-electron chi connectivity index (χ2n) is 14.9. The molecular weight excluding hydrogens is 1080 g/mol. The van der Waals surface area contributed by atoms with Crippen LogP contribution in [-0.2, 0) is 15.0 Å². The Bertz CT molecular complexity index is 3020. The van der Waals surface area contributed by atoms with E-state index in [4.69, 9.17) is 9.97 Å². The first-order chi connectivity index (χ1) is 30.2. The van der Waals surface area contributed by atoms with Crippen LogP contribution in [0.25, 0.3) is 90.9 Å². The minimum atomic E-state index is -5.27. The standard InChI is InChI=1S/C44H34As4N4O12/c53-45(54,55)29-9-1-25(2-10-29)41-33-17-19-35(49-33)42(26-3-11-30(12-4-26)46(56,57)58)37-21-23-39(51-37)44(28-7-15-32(16-8-28)48(62,63)64)40-24-22-38(52-40)43(36-20-18-34(41)50-36)27-5-13-31(14-6-27)47(59,60)61/h1-24,49,52H,(H2,53,54,55)(H2,56,57,58)(H2,59,60,61)(H2,62,63,64). The molecule has 7 aromatic rings. The van der Waals surface area contributed by atoms with Crippen molar-refractivity contribution in [1.29, 1.82) is 0 Å². The third-order valence-corrected chi connectivity index (χ3v) is 18.9. The Kier molecular flexibility index (Phi) is 11.1. The van der Waals surface area contributed by atoms with Crippen molar-refractivity contribution < 1.29 is 47.7 Å². The van der Waals surface area contributed by atoms with Crippen molar-refractivity contribution >= 4 is 120 Å². The summed E-state index contributed by atoms with van der Waals surface area (Å²) in [4.78, 5) is 17.2. The van der Waals surface area contributed by atoms with Crippen molar-refractivity contribution in [2.75, 3.05) is 0 Å². The van der Waals surface area contributed by atoms with E-state index in [0.29, 0.717) is 89.4 Å². The number of fused-ring (bicyclic) bond motifs is 8. The number of nitrogens with one attached hydrogen (secondary N) is 2. The van der Waals surface area contributed by atoms with Gasteiger partial charge >= 0.3 is 377 Å². The SMILES string of the molecule is O=[As](O)(O)c1ccc(-c2c3nc(c(-c4ccc([As](=O)(O)O)cc4)c4ccc([nH]4)c(-c4ccc([As](=O)(O)O)cc4)c4nc(c(-c5ccc([As](=O)(O)O)cc5)c5ccc2[nH]5)C=C4)C=C3)cc1. The van der Waals surface area contributed by atoms with Gasteiger partial charge in [0.1, 0.15) is 0 Å². The molecule has 5 heterocycles. The zero-order valence-corrected chi connectivity index (χ0v) is 40.3. The van der Waals surface area contributed by atoms with E-state index in [9.17, 15) is 47.7 Å². The van der Waals surface area contributed by atoms with Crippen LogP contribution in [0.2, 0.25) is 0 Å². The molecule has 3 aromatic heterocycles. The van der Waals surface area contributed by atoms with Crippen LogP contribution in [0.3, 0.4) is 0 Å². The maximum atomic E-state index is 12.2. The molecule has 0 saturated carbocycles. The number of nitrogens with zero attached hydrogens (tertiary/aromatic N) is 2. The summed E-state index contributed by atoms with van der Waals surface area (Å²) in [5.41, 5.74) is 8.36. The fraction of sp³-hybridized carbons (Fsp3) is 0. The molecule has 64 heavy (non-hydrogen) atoms. The first-order valence-corrected chi connectivity index (χ1v) is 32.6. The fourth-order valence-corrected chi connectivity index (χ4v) is 12.2. The second-order valence-corrected chi connectivity index (χ2v) is 28.3. The van der Waals surface area contributed by atoms with Crippen LogP contribution >= 0.6 is 0 Å². The van der Waals surface area contributed by atoms with Gasteiger partial charge in [-0.3, -0.25) is 0 Å². The van der Waals surface area contributed by atoms with Gasteiger partial charge < -0.3 is 0 Å². The van der Waals surface area contributed by atoms with Gasteiger partial charge in [0.15, 0.2) is 0 Å². The van der Waals surface area contributed by atoms with Gasteiger partial charge in [-0.05, 0) is 0 Å². The molecule has 0 amide bonds. The van der Waals surface area contributed by atoms with E-state index in [1.165, 1.54) is 48.5 Å². The van der Waals surface area contributed by atoms with Gasteiger partial charge in [0.05, 0.1) is 0 Å². The average Bonchev–Trinajstić information content (AvgIpc) is 4.08. The summed E-state index contributed by atoms with van der Waals surface area (Å²) in [7, 11) is 0. The molecular formula is C44H34As4N4O12. The number of benzene rings is 4. The van der Waals surface area contributed by atoms with Gasteiger partial charge in [-0.1, -0.05) is 0 Å². The molecule has 16 nitrogen and oxygen atoms in total. The van der Waals surface area contributed by atoms with Crippen molar-refractivity contribution in [3.8, 4) is 44.5 Å². The Hall–Kier alpha value is -5.41. The Labute approximate surface area is 374 Å². The van der Waals surface area contributed by atoms with Crippen molar-refractivity contribution in [3.63, 3.8) is 0 Å². The summed E-state index contributed by atoms with van der Waals surface area (Å²) in [5.74, 6) is 0. The molecule has 322 valence electrons. The molecule has 9 rings (SSSR count). The van der Waals surface area contributed by atoms with Crippen LogP contribution in [0.15, 0.2) is 121 Å². The molecule has 2 aliphatic rings. The first-order valence-electron chi connectivity index (χ1n) is 19.0. The molecule has 0 aliphatic carbocycles. The van der Waals surface area contributed by atoms with Crippen molar-refractivity contribution in [2.45, 2.75) is 0 Å². The van der Waals surface area contributed by atoms with Crippen LogP contribution in [0.4, 0.5) is 0 Å². The minimum absolute atomic E-state index is 0.124. The molecule has 0 saturated heterocycles. The molecule has 10 N–H and O–H groups in total. The van der Waals surface area contributed by atoms with Crippen molar-refractivity contribution in [3.05, 3.63) is 144 Å². The van der Waals surface area contributed by atoms with Crippen LogP contribution in [0, 0.1) is 0 Å². The maximum absolute atomic E-state index is 12.2. The quantitative estimate of drug-likeness (QED) is 0.0968.